The first-order valence-corrected chi connectivity index (χ1v) is 13.1. The number of nitrogens with zero attached hydrogens (tertiary/aromatic N) is 2. The van der Waals surface area contributed by atoms with Crippen molar-refractivity contribution in [2.75, 3.05) is 25.0 Å². The summed E-state index contributed by atoms with van der Waals surface area (Å²) < 4.78 is 26.3. The van der Waals surface area contributed by atoms with Gasteiger partial charge in [0.05, 0.1) is 27.6 Å². The van der Waals surface area contributed by atoms with Crippen LogP contribution in [0.2, 0.25) is 0 Å². The first-order chi connectivity index (χ1) is 17.9. The Morgan fingerprint density at radius 3 is 2.59 bits per heavy atom. The minimum atomic E-state index is -0.633. The number of anilines is 1. The average Bonchev–Trinajstić information content (AvgIpc) is 3.59. The Bertz CT molecular complexity index is 1330. The Balaban J connectivity index is 1.27. The molecular formula is C26H27FN4O5S. The van der Waals surface area contributed by atoms with Gasteiger partial charge in [0.15, 0.2) is 11.6 Å². The summed E-state index contributed by atoms with van der Waals surface area (Å²) in [5.74, 6) is -0.796. The van der Waals surface area contributed by atoms with Crippen LogP contribution in [-0.4, -0.2) is 53.5 Å². The summed E-state index contributed by atoms with van der Waals surface area (Å²) in [7, 11) is 0. The van der Waals surface area contributed by atoms with E-state index in [0.717, 1.165) is 12.8 Å². The summed E-state index contributed by atoms with van der Waals surface area (Å²) in [6.45, 7) is 3.07. The van der Waals surface area contributed by atoms with E-state index in [1.165, 1.54) is 23.5 Å². The quantitative estimate of drug-likeness (QED) is 0.423. The van der Waals surface area contributed by atoms with Crippen LogP contribution in [0, 0.1) is 11.7 Å². The number of ether oxygens (including phenoxy) is 2. The van der Waals surface area contributed by atoms with Crippen LogP contribution >= 0.6 is 11.3 Å². The lowest BCUT2D eigenvalue weighted by atomic mass is 9.97. The van der Waals surface area contributed by atoms with E-state index in [4.69, 9.17) is 9.47 Å². The van der Waals surface area contributed by atoms with Crippen LogP contribution in [0.5, 0.6) is 11.5 Å². The molecule has 1 saturated heterocycles. The molecule has 3 heterocycles. The molecule has 1 saturated carbocycles. The van der Waals surface area contributed by atoms with Crippen LogP contribution in [0.3, 0.4) is 0 Å². The number of thiophene rings is 1. The van der Waals surface area contributed by atoms with E-state index >= 15 is 0 Å². The lowest BCUT2D eigenvalue weighted by Gasteiger charge is -2.30. The second-order valence-corrected chi connectivity index (χ2v) is 10.1. The Morgan fingerprint density at radius 1 is 1.11 bits per heavy atom. The molecule has 37 heavy (non-hydrogen) atoms. The number of amides is 3. The van der Waals surface area contributed by atoms with Crippen LogP contribution in [-0.2, 0) is 9.53 Å². The Labute approximate surface area is 216 Å². The molecule has 9 nitrogen and oxygen atoms in total. The normalized spacial score (nSPS) is 15.9. The van der Waals surface area contributed by atoms with E-state index in [9.17, 15) is 18.8 Å². The first-order valence-electron chi connectivity index (χ1n) is 12.3. The highest BCUT2D eigenvalue weighted by atomic mass is 32.1. The topological polar surface area (TPSA) is 110 Å². The molecule has 11 heteroatoms. The Morgan fingerprint density at radius 2 is 1.89 bits per heavy atom. The van der Waals surface area contributed by atoms with Crippen molar-refractivity contribution in [2.45, 2.75) is 38.6 Å². The first kappa shape index (κ1) is 24.9. The fourth-order valence-corrected chi connectivity index (χ4v) is 5.23. The van der Waals surface area contributed by atoms with Crippen LogP contribution in [0.1, 0.15) is 42.3 Å². The number of pyridine rings is 1. The molecule has 3 aromatic rings. The lowest BCUT2D eigenvalue weighted by Crippen LogP contribution is -2.40. The molecule has 0 radical (unpaired) electrons. The highest BCUT2D eigenvalue weighted by Crippen LogP contribution is 2.37. The maximum Gasteiger partial charge on any atom is 0.319 e. The maximum atomic E-state index is 14.8. The van der Waals surface area contributed by atoms with Gasteiger partial charge in [0, 0.05) is 43.1 Å². The summed E-state index contributed by atoms with van der Waals surface area (Å²) in [6, 6.07) is 7.35. The van der Waals surface area contributed by atoms with Crippen molar-refractivity contribution in [3.63, 3.8) is 0 Å². The highest BCUT2D eigenvalue weighted by Gasteiger charge is 2.29. The molecule has 3 amide bonds. The van der Waals surface area contributed by atoms with Crippen molar-refractivity contribution in [3.05, 3.63) is 47.2 Å². The van der Waals surface area contributed by atoms with E-state index in [0.29, 0.717) is 59.1 Å². The van der Waals surface area contributed by atoms with Gasteiger partial charge in [-0.05, 0) is 50.8 Å². The van der Waals surface area contributed by atoms with E-state index in [1.807, 2.05) is 0 Å². The number of halogens is 1. The zero-order valence-corrected chi connectivity index (χ0v) is 21.1. The SMILES string of the molecule is CCOC(=O)C1CCN(C(=O)c2cc3nccc(Oc4ccc(NC(=O)NC5CC5)cc4F)c3s2)CC1. The van der Waals surface area contributed by atoms with Crippen molar-refractivity contribution in [3.8, 4) is 11.5 Å². The van der Waals surface area contributed by atoms with Crippen LogP contribution in [0.4, 0.5) is 14.9 Å². The summed E-state index contributed by atoms with van der Waals surface area (Å²) >= 11 is 1.23. The standard InChI is InChI=1S/C26H27FN4O5S/c1-2-35-25(33)15-8-11-31(12-9-15)24(32)22-14-19-23(37-22)21(7-10-28-19)36-20-6-5-17(13-18(20)27)30-26(34)29-16-3-4-16/h5-7,10,13-16H,2-4,8-9,11-12H2,1H3,(H2,29,30,34). The molecule has 1 aliphatic carbocycles. The second kappa shape index (κ2) is 10.7. The van der Waals surface area contributed by atoms with Gasteiger partial charge in [0.25, 0.3) is 5.91 Å². The minimum Gasteiger partial charge on any atom is -0.466 e. The summed E-state index contributed by atoms with van der Waals surface area (Å²) in [5, 5.41) is 5.40. The van der Waals surface area contributed by atoms with Gasteiger partial charge < -0.3 is 25.0 Å². The molecule has 0 bridgehead atoms. The lowest BCUT2D eigenvalue weighted by molar-refractivity contribution is -0.149. The van der Waals surface area contributed by atoms with Gasteiger partial charge in [0.1, 0.15) is 5.75 Å². The second-order valence-electron chi connectivity index (χ2n) is 9.07. The predicted molar refractivity (Wildman–Crippen MR) is 137 cm³/mol. The fourth-order valence-electron chi connectivity index (χ4n) is 4.19. The summed E-state index contributed by atoms with van der Waals surface area (Å²) in [5.41, 5.74) is 0.890. The van der Waals surface area contributed by atoms with E-state index in [1.54, 1.807) is 36.2 Å². The van der Waals surface area contributed by atoms with E-state index < -0.39 is 5.82 Å². The number of hydrogen-bond acceptors (Lipinski definition) is 7. The number of carbonyl (C=O) groups excluding carboxylic acids is 3. The van der Waals surface area contributed by atoms with Crippen molar-refractivity contribution >= 4 is 45.1 Å². The van der Waals surface area contributed by atoms with Gasteiger partial charge in [-0.25, -0.2) is 9.18 Å². The third-order valence-electron chi connectivity index (χ3n) is 6.31. The number of nitrogens with one attached hydrogen (secondary N) is 2. The number of likely N-dealkylation sites (tertiary alicyclic amines) is 1. The smallest absolute Gasteiger partial charge is 0.319 e. The van der Waals surface area contributed by atoms with Crippen molar-refractivity contribution < 1.29 is 28.2 Å². The molecule has 2 fully saturated rings. The average molecular weight is 527 g/mol. The molecule has 1 aliphatic heterocycles. The molecular weight excluding hydrogens is 499 g/mol. The van der Waals surface area contributed by atoms with Crippen molar-refractivity contribution in [1.29, 1.82) is 0 Å². The summed E-state index contributed by atoms with van der Waals surface area (Å²) in [6.07, 6.45) is 4.58. The zero-order valence-electron chi connectivity index (χ0n) is 20.3. The number of esters is 1. The number of carbonyl (C=O) groups is 3. The molecule has 2 aliphatic rings. The van der Waals surface area contributed by atoms with Gasteiger partial charge >= 0.3 is 12.0 Å². The molecule has 194 valence electrons. The predicted octanol–water partition coefficient (Wildman–Crippen LogP) is 4.93. The van der Waals surface area contributed by atoms with Crippen LogP contribution in [0.25, 0.3) is 10.2 Å². The van der Waals surface area contributed by atoms with Crippen LogP contribution in [0.15, 0.2) is 36.5 Å². The molecule has 5 rings (SSSR count). The number of hydrogen-bond donors (Lipinski definition) is 2. The van der Waals surface area contributed by atoms with Crippen molar-refractivity contribution in [1.82, 2.24) is 15.2 Å². The monoisotopic (exact) mass is 526 g/mol. The van der Waals surface area contributed by atoms with Crippen molar-refractivity contribution in [2.24, 2.45) is 5.92 Å². The third kappa shape index (κ3) is 5.82. The molecule has 2 aromatic heterocycles. The van der Waals surface area contributed by atoms with E-state index in [2.05, 4.69) is 15.6 Å². The number of aromatic nitrogens is 1. The van der Waals surface area contributed by atoms with Gasteiger partial charge in [-0.15, -0.1) is 11.3 Å². The highest BCUT2D eigenvalue weighted by molar-refractivity contribution is 7.21. The van der Waals surface area contributed by atoms with Gasteiger partial charge in [-0.3, -0.25) is 14.6 Å². The Kier molecular flexibility index (Phi) is 7.22. The number of benzene rings is 1. The third-order valence-corrected chi connectivity index (χ3v) is 7.44. The molecule has 0 unspecified atom stereocenters. The minimum absolute atomic E-state index is 0.0111. The molecule has 1 aromatic carbocycles. The summed E-state index contributed by atoms with van der Waals surface area (Å²) in [4.78, 5) is 43.6. The number of fused-ring (bicyclic) bond motifs is 1. The number of rotatable bonds is 7. The number of urea groups is 1. The van der Waals surface area contributed by atoms with Gasteiger partial charge in [-0.2, -0.15) is 0 Å². The molecule has 0 spiro atoms. The fraction of sp³-hybridized carbons (Fsp3) is 0.385. The largest absolute Gasteiger partial charge is 0.466 e. The molecule has 2 N–H and O–H groups in total. The zero-order chi connectivity index (χ0) is 25.9. The van der Waals surface area contributed by atoms with Crippen LogP contribution < -0.4 is 15.4 Å². The number of piperidine rings is 1. The van der Waals surface area contributed by atoms with Gasteiger partial charge in [-0.1, -0.05) is 0 Å². The maximum absolute atomic E-state index is 14.8. The van der Waals surface area contributed by atoms with E-state index in [-0.39, 0.29) is 35.6 Å². The Hall–Kier alpha value is -3.73. The molecule has 0 atom stereocenters. The van der Waals surface area contributed by atoms with Gasteiger partial charge in [0.2, 0.25) is 0 Å².